The average molecular weight is 507 g/mol. The molecule has 6 nitrogen and oxygen atoms in total. The molecule has 5 rings (SSSR count). The highest BCUT2D eigenvalue weighted by Gasteiger charge is 2.34. The van der Waals surface area contributed by atoms with E-state index in [1.807, 2.05) is 50.2 Å². The second kappa shape index (κ2) is 11.5. The topological polar surface area (TPSA) is 65.3 Å². The smallest absolute Gasteiger partial charge is 0.242 e. The van der Waals surface area contributed by atoms with E-state index in [4.69, 9.17) is 10.2 Å². The lowest BCUT2D eigenvalue weighted by molar-refractivity contribution is -0.131. The fraction of sp³-hybridized carbons (Fsp3) is 0.312. The molecule has 2 amide bonds. The SMILES string of the molecule is CCCC(=O)N1CC(c2ccccc2)C(c2ccc(C3=NN(C(=O)CCC)CC3c3ccccc3)cc2)=N1. The van der Waals surface area contributed by atoms with E-state index >= 15 is 0 Å². The number of rotatable bonds is 8. The van der Waals surface area contributed by atoms with Crippen molar-refractivity contribution in [3.05, 3.63) is 107 Å². The van der Waals surface area contributed by atoms with Crippen molar-refractivity contribution in [3.63, 3.8) is 0 Å². The summed E-state index contributed by atoms with van der Waals surface area (Å²) in [6.07, 6.45) is 2.58. The monoisotopic (exact) mass is 506 g/mol. The minimum Gasteiger partial charge on any atom is -0.273 e. The molecule has 2 atom stereocenters. The molecule has 0 N–H and O–H groups in total. The molecule has 3 aromatic carbocycles. The highest BCUT2D eigenvalue weighted by molar-refractivity contribution is 6.10. The van der Waals surface area contributed by atoms with Gasteiger partial charge in [-0.1, -0.05) is 98.8 Å². The van der Waals surface area contributed by atoms with Crippen molar-refractivity contribution in [2.75, 3.05) is 13.1 Å². The number of carbonyl (C=O) groups is 2. The molecule has 0 saturated carbocycles. The second-order valence-electron chi connectivity index (χ2n) is 9.93. The molecule has 194 valence electrons. The van der Waals surface area contributed by atoms with E-state index in [1.54, 1.807) is 10.0 Å². The third-order valence-corrected chi connectivity index (χ3v) is 7.21. The first-order chi connectivity index (χ1) is 18.6. The number of hydrogen-bond donors (Lipinski definition) is 0. The molecule has 0 radical (unpaired) electrons. The standard InChI is InChI=1S/C32H34N4O2/c1-3-11-29(37)35-21-27(23-13-7-5-8-14-23)31(33-35)25-17-19-26(20-18-25)32-28(24-15-9-6-10-16-24)22-36(34-32)30(38)12-4-2/h5-10,13-20,27-28H,3-4,11-12,21-22H2,1-2H3. The van der Waals surface area contributed by atoms with Gasteiger partial charge in [0, 0.05) is 24.7 Å². The van der Waals surface area contributed by atoms with E-state index in [-0.39, 0.29) is 23.7 Å². The highest BCUT2D eigenvalue weighted by Crippen LogP contribution is 2.32. The molecule has 0 aliphatic carbocycles. The molecular formula is C32H34N4O2. The normalized spacial score (nSPS) is 18.9. The third kappa shape index (κ3) is 5.30. The van der Waals surface area contributed by atoms with Crippen LogP contribution in [0, 0.1) is 0 Å². The van der Waals surface area contributed by atoms with Crippen LogP contribution in [0.2, 0.25) is 0 Å². The lowest BCUT2D eigenvalue weighted by atomic mass is 9.88. The van der Waals surface area contributed by atoms with Crippen LogP contribution in [-0.2, 0) is 9.59 Å². The predicted molar refractivity (Wildman–Crippen MR) is 151 cm³/mol. The number of nitrogens with zero attached hydrogens (tertiary/aromatic N) is 4. The van der Waals surface area contributed by atoms with Crippen LogP contribution in [0.5, 0.6) is 0 Å². The number of carbonyl (C=O) groups excluding carboxylic acids is 2. The van der Waals surface area contributed by atoms with E-state index in [0.29, 0.717) is 25.9 Å². The van der Waals surface area contributed by atoms with Crippen LogP contribution in [0.25, 0.3) is 0 Å². The van der Waals surface area contributed by atoms with E-state index in [9.17, 15) is 9.59 Å². The van der Waals surface area contributed by atoms with Crippen molar-refractivity contribution in [1.29, 1.82) is 0 Å². The Morgan fingerprint density at radius 2 is 1.00 bits per heavy atom. The van der Waals surface area contributed by atoms with Gasteiger partial charge in [0.2, 0.25) is 11.8 Å². The van der Waals surface area contributed by atoms with Gasteiger partial charge in [-0.25, -0.2) is 10.0 Å². The molecular weight excluding hydrogens is 472 g/mol. The molecule has 6 heteroatoms. The summed E-state index contributed by atoms with van der Waals surface area (Å²) < 4.78 is 0. The van der Waals surface area contributed by atoms with E-state index in [1.165, 1.54) is 0 Å². The van der Waals surface area contributed by atoms with Crippen molar-refractivity contribution < 1.29 is 9.59 Å². The summed E-state index contributed by atoms with van der Waals surface area (Å²) in [6.45, 7) is 5.13. The van der Waals surface area contributed by atoms with Crippen molar-refractivity contribution in [2.45, 2.75) is 51.4 Å². The summed E-state index contributed by atoms with van der Waals surface area (Å²) in [5, 5.41) is 12.9. The van der Waals surface area contributed by atoms with E-state index in [0.717, 1.165) is 46.5 Å². The van der Waals surface area contributed by atoms with Crippen LogP contribution in [0.3, 0.4) is 0 Å². The third-order valence-electron chi connectivity index (χ3n) is 7.21. The minimum atomic E-state index is 0.0194. The predicted octanol–water partition coefficient (Wildman–Crippen LogP) is 5.95. The number of hydrazone groups is 2. The van der Waals surface area contributed by atoms with E-state index < -0.39 is 0 Å². The van der Waals surface area contributed by atoms with Crippen LogP contribution in [0.15, 0.2) is 95.1 Å². The summed E-state index contributed by atoms with van der Waals surface area (Å²) in [5.74, 6) is 0.155. The molecule has 2 heterocycles. The molecule has 2 aliphatic rings. The molecule has 38 heavy (non-hydrogen) atoms. The molecule has 0 saturated heterocycles. The van der Waals surface area contributed by atoms with Crippen molar-refractivity contribution >= 4 is 23.2 Å². The largest absolute Gasteiger partial charge is 0.273 e. The zero-order valence-electron chi connectivity index (χ0n) is 22.1. The highest BCUT2D eigenvalue weighted by atomic mass is 16.2. The number of amides is 2. The molecule has 0 aromatic heterocycles. The van der Waals surface area contributed by atoms with Gasteiger partial charge in [-0.15, -0.1) is 0 Å². The minimum absolute atomic E-state index is 0.0194. The maximum atomic E-state index is 12.7. The van der Waals surface area contributed by atoms with Crippen molar-refractivity contribution in [1.82, 2.24) is 10.0 Å². The zero-order valence-corrected chi connectivity index (χ0v) is 22.1. The zero-order chi connectivity index (χ0) is 26.5. The van der Waals surface area contributed by atoms with Gasteiger partial charge in [0.05, 0.1) is 24.5 Å². The van der Waals surface area contributed by atoms with Gasteiger partial charge in [-0.2, -0.15) is 10.2 Å². The van der Waals surface area contributed by atoms with Gasteiger partial charge in [0.25, 0.3) is 0 Å². The Hall–Kier alpha value is -4.06. The van der Waals surface area contributed by atoms with E-state index in [2.05, 4.69) is 48.5 Å². The lowest BCUT2D eigenvalue weighted by Gasteiger charge is -2.16. The first-order valence-corrected chi connectivity index (χ1v) is 13.6. The van der Waals surface area contributed by atoms with Gasteiger partial charge in [0.1, 0.15) is 0 Å². The second-order valence-corrected chi connectivity index (χ2v) is 9.93. The van der Waals surface area contributed by atoms with Crippen LogP contribution in [0.1, 0.15) is 73.6 Å². The summed E-state index contributed by atoms with van der Waals surface area (Å²) in [4.78, 5) is 25.4. The quantitative estimate of drug-likeness (QED) is 0.379. The Bertz CT molecular complexity index is 1230. The molecule has 3 aromatic rings. The number of hydrogen-bond acceptors (Lipinski definition) is 4. The Kier molecular flexibility index (Phi) is 7.78. The van der Waals surface area contributed by atoms with Gasteiger partial charge < -0.3 is 0 Å². The fourth-order valence-corrected chi connectivity index (χ4v) is 5.23. The lowest BCUT2D eigenvalue weighted by Crippen LogP contribution is -2.25. The van der Waals surface area contributed by atoms with Crippen LogP contribution >= 0.6 is 0 Å². The summed E-state index contributed by atoms with van der Waals surface area (Å²) >= 11 is 0. The molecule has 0 bridgehead atoms. The van der Waals surface area contributed by atoms with Gasteiger partial charge in [-0.3, -0.25) is 9.59 Å². The Labute approximate surface area is 224 Å². The van der Waals surface area contributed by atoms with Crippen LogP contribution < -0.4 is 0 Å². The maximum absolute atomic E-state index is 12.7. The Balaban J connectivity index is 1.47. The summed E-state index contributed by atoms with van der Waals surface area (Å²) in [5.41, 5.74) is 6.08. The molecule has 0 fully saturated rings. The van der Waals surface area contributed by atoms with Crippen LogP contribution in [-0.4, -0.2) is 46.3 Å². The Morgan fingerprint density at radius 3 is 1.34 bits per heavy atom. The first kappa shape index (κ1) is 25.6. The van der Waals surface area contributed by atoms with Crippen molar-refractivity contribution in [3.8, 4) is 0 Å². The average Bonchev–Trinajstić information content (AvgIpc) is 3.61. The maximum Gasteiger partial charge on any atom is 0.242 e. The van der Waals surface area contributed by atoms with Crippen LogP contribution in [0.4, 0.5) is 0 Å². The number of benzene rings is 3. The molecule has 2 aliphatic heterocycles. The first-order valence-electron chi connectivity index (χ1n) is 13.6. The van der Waals surface area contributed by atoms with Crippen molar-refractivity contribution in [2.24, 2.45) is 10.2 Å². The molecule has 0 spiro atoms. The van der Waals surface area contributed by atoms with Gasteiger partial charge >= 0.3 is 0 Å². The van der Waals surface area contributed by atoms with Gasteiger partial charge in [0.15, 0.2) is 0 Å². The molecule has 2 unspecified atom stereocenters. The Morgan fingerprint density at radius 1 is 0.632 bits per heavy atom. The fourth-order valence-electron chi connectivity index (χ4n) is 5.23. The summed E-state index contributed by atoms with van der Waals surface area (Å²) in [6, 6.07) is 28.8. The summed E-state index contributed by atoms with van der Waals surface area (Å²) in [7, 11) is 0. The van der Waals surface area contributed by atoms with Gasteiger partial charge in [-0.05, 0) is 35.1 Å².